The Bertz CT molecular complexity index is 2790. The summed E-state index contributed by atoms with van der Waals surface area (Å²) in [6.45, 7) is 2.36. The van der Waals surface area contributed by atoms with E-state index in [2.05, 4.69) is 153 Å². The van der Waals surface area contributed by atoms with Crippen molar-refractivity contribution in [2.24, 2.45) is 5.92 Å². The van der Waals surface area contributed by atoms with Crippen molar-refractivity contribution in [3.05, 3.63) is 234 Å². The van der Waals surface area contributed by atoms with Crippen molar-refractivity contribution in [3.8, 4) is 62.2 Å². The minimum absolute atomic E-state index is 0.280. The summed E-state index contributed by atoms with van der Waals surface area (Å²) in [5.74, 6) is 0.994. The zero-order valence-corrected chi connectivity index (χ0v) is 32.2. The minimum Gasteiger partial charge on any atom is -0.228 e. The maximum absolute atomic E-state index is 9.34. The van der Waals surface area contributed by atoms with Crippen LogP contribution in [0, 0.1) is 17.2 Å². The Morgan fingerprint density at radius 1 is 0.500 bits per heavy atom. The second-order valence-electron chi connectivity index (χ2n) is 15.3. The molecule has 0 N–H and O–H groups in total. The summed E-state index contributed by atoms with van der Waals surface area (Å²) < 4.78 is 0. The van der Waals surface area contributed by atoms with Crippen LogP contribution in [0.3, 0.4) is 0 Å². The Labute approximate surface area is 340 Å². The summed E-state index contributed by atoms with van der Waals surface area (Å²) in [4.78, 5) is 10.1. The average Bonchev–Trinajstić information content (AvgIpc) is 3.60. The van der Waals surface area contributed by atoms with Gasteiger partial charge in [-0.25, -0.2) is 9.97 Å². The van der Waals surface area contributed by atoms with Crippen LogP contribution in [0.5, 0.6) is 0 Å². The number of hydrogen-bond acceptors (Lipinski definition) is 3. The number of nitriles is 1. The maximum atomic E-state index is 9.34. The molecule has 3 nitrogen and oxygen atoms in total. The van der Waals surface area contributed by atoms with Crippen molar-refractivity contribution < 1.29 is 0 Å². The third-order valence-electron chi connectivity index (χ3n) is 12.0. The molecule has 58 heavy (non-hydrogen) atoms. The van der Waals surface area contributed by atoms with E-state index in [0.717, 1.165) is 45.6 Å². The molecule has 7 aromatic carbocycles. The van der Waals surface area contributed by atoms with Gasteiger partial charge in [-0.1, -0.05) is 195 Å². The lowest BCUT2D eigenvalue weighted by Crippen LogP contribution is -2.31. The van der Waals surface area contributed by atoms with Crippen molar-refractivity contribution in [1.82, 2.24) is 9.97 Å². The Morgan fingerprint density at radius 2 is 0.983 bits per heavy atom. The zero-order chi connectivity index (χ0) is 39.1. The maximum Gasteiger partial charge on any atom is 0.160 e. The molecule has 1 aromatic heterocycles. The van der Waals surface area contributed by atoms with Gasteiger partial charge in [0.15, 0.2) is 5.82 Å². The van der Waals surface area contributed by atoms with E-state index >= 15 is 0 Å². The summed E-state index contributed by atoms with van der Waals surface area (Å²) in [5.41, 5.74) is 17.8. The SMILES string of the molecule is CC1CC(C2(c3ccc(-c4ccc(C#N)cc4)cc3)c3ccccc3-c3ccccc32)=CC=C1c1ccc(-c2nc(-c3ccccc3)cc(-c3ccccc3)n2)cc1. The van der Waals surface area contributed by atoms with Gasteiger partial charge in [0, 0.05) is 16.7 Å². The van der Waals surface area contributed by atoms with Gasteiger partial charge in [-0.2, -0.15) is 5.26 Å². The molecular formula is C55H39N3. The molecule has 1 atom stereocenters. The molecule has 8 aromatic rings. The molecule has 274 valence electrons. The van der Waals surface area contributed by atoms with E-state index in [-0.39, 0.29) is 5.92 Å². The largest absolute Gasteiger partial charge is 0.228 e. The monoisotopic (exact) mass is 741 g/mol. The first kappa shape index (κ1) is 35.0. The quantitative estimate of drug-likeness (QED) is 0.163. The van der Waals surface area contributed by atoms with Gasteiger partial charge >= 0.3 is 0 Å². The van der Waals surface area contributed by atoms with Crippen LogP contribution in [0.4, 0.5) is 0 Å². The van der Waals surface area contributed by atoms with E-state index in [1.807, 2.05) is 60.7 Å². The van der Waals surface area contributed by atoms with E-state index in [1.165, 1.54) is 44.5 Å². The predicted octanol–water partition coefficient (Wildman–Crippen LogP) is 13.4. The summed E-state index contributed by atoms with van der Waals surface area (Å²) >= 11 is 0. The molecule has 0 saturated heterocycles. The molecule has 3 heteroatoms. The molecule has 1 heterocycles. The van der Waals surface area contributed by atoms with Crippen molar-refractivity contribution in [2.75, 3.05) is 0 Å². The van der Waals surface area contributed by atoms with Crippen molar-refractivity contribution >= 4 is 5.57 Å². The molecule has 2 aliphatic carbocycles. The fourth-order valence-electron chi connectivity index (χ4n) is 9.15. The molecule has 0 aliphatic heterocycles. The third-order valence-corrected chi connectivity index (χ3v) is 12.0. The Morgan fingerprint density at radius 3 is 1.52 bits per heavy atom. The summed E-state index contributed by atoms with van der Waals surface area (Å²) in [5, 5.41) is 9.34. The highest BCUT2D eigenvalue weighted by molar-refractivity contribution is 5.87. The van der Waals surface area contributed by atoms with Gasteiger partial charge in [0.2, 0.25) is 0 Å². The predicted molar refractivity (Wildman–Crippen MR) is 237 cm³/mol. The lowest BCUT2D eigenvalue weighted by Gasteiger charge is -2.39. The second-order valence-corrected chi connectivity index (χ2v) is 15.3. The van der Waals surface area contributed by atoms with E-state index in [4.69, 9.17) is 9.97 Å². The van der Waals surface area contributed by atoms with Gasteiger partial charge in [-0.15, -0.1) is 0 Å². The number of allylic oxidation sites excluding steroid dienone is 4. The number of nitrogens with zero attached hydrogens (tertiary/aromatic N) is 3. The molecule has 0 bridgehead atoms. The average molecular weight is 742 g/mol. The molecule has 0 fully saturated rings. The molecular weight excluding hydrogens is 703 g/mol. The smallest absolute Gasteiger partial charge is 0.160 e. The number of benzene rings is 7. The number of aromatic nitrogens is 2. The summed E-state index contributed by atoms with van der Waals surface area (Å²) in [6, 6.07) is 68.6. The number of hydrogen-bond donors (Lipinski definition) is 0. The summed E-state index contributed by atoms with van der Waals surface area (Å²) in [6.07, 6.45) is 5.67. The molecule has 0 spiro atoms. The van der Waals surface area contributed by atoms with Crippen LogP contribution in [0.15, 0.2) is 206 Å². The normalized spacial score (nSPS) is 15.1. The van der Waals surface area contributed by atoms with Crippen LogP contribution < -0.4 is 0 Å². The highest BCUT2D eigenvalue weighted by atomic mass is 14.9. The van der Waals surface area contributed by atoms with E-state index in [1.54, 1.807) is 0 Å². The molecule has 0 saturated carbocycles. The molecule has 2 aliphatic rings. The standard InChI is InChI=1S/C55H39N3/c1-37-34-46(32-33-47(37)41-24-26-44(27-25-41)54-57-52(42-12-4-2-5-13-42)35-53(58-54)43-14-6-3-7-15-43)55(50-18-10-8-16-48(50)49-17-9-11-19-51(49)55)45-30-28-40(29-31-45)39-22-20-38(36-56)21-23-39/h2-33,35,37H,34H2,1H3. The fraction of sp³-hybridized carbons (Fsp3) is 0.0727. The van der Waals surface area contributed by atoms with Gasteiger partial charge in [-0.05, 0) is 80.6 Å². The molecule has 10 rings (SSSR count). The fourth-order valence-corrected chi connectivity index (χ4v) is 9.15. The Hall–Kier alpha value is -7.41. The van der Waals surface area contributed by atoms with Gasteiger partial charge in [0.1, 0.15) is 0 Å². The third kappa shape index (κ3) is 5.99. The topological polar surface area (TPSA) is 49.6 Å². The van der Waals surface area contributed by atoms with Gasteiger partial charge in [0.05, 0.1) is 28.4 Å². The van der Waals surface area contributed by atoms with Gasteiger partial charge in [0.25, 0.3) is 0 Å². The molecule has 0 radical (unpaired) electrons. The lowest BCUT2D eigenvalue weighted by atomic mass is 9.63. The second kappa shape index (κ2) is 14.6. The Balaban J connectivity index is 1.04. The first-order chi connectivity index (χ1) is 28.6. The number of fused-ring (bicyclic) bond motifs is 3. The van der Waals surface area contributed by atoms with Crippen LogP contribution in [0.2, 0.25) is 0 Å². The highest BCUT2D eigenvalue weighted by Crippen LogP contribution is 2.58. The van der Waals surface area contributed by atoms with Crippen LogP contribution in [-0.2, 0) is 5.41 Å². The van der Waals surface area contributed by atoms with Gasteiger partial charge < -0.3 is 0 Å². The van der Waals surface area contributed by atoms with Crippen molar-refractivity contribution in [3.63, 3.8) is 0 Å². The van der Waals surface area contributed by atoms with E-state index < -0.39 is 5.41 Å². The van der Waals surface area contributed by atoms with Crippen molar-refractivity contribution in [2.45, 2.75) is 18.8 Å². The van der Waals surface area contributed by atoms with Crippen LogP contribution in [0.1, 0.15) is 41.2 Å². The van der Waals surface area contributed by atoms with Crippen LogP contribution in [-0.4, -0.2) is 9.97 Å². The zero-order valence-electron chi connectivity index (χ0n) is 32.2. The minimum atomic E-state index is -0.436. The van der Waals surface area contributed by atoms with Crippen LogP contribution in [0.25, 0.3) is 61.7 Å². The Kier molecular flexibility index (Phi) is 8.81. The van der Waals surface area contributed by atoms with Crippen LogP contribution >= 0.6 is 0 Å². The lowest BCUT2D eigenvalue weighted by molar-refractivity contribution is 0.626. The van der Waals surface area contributed by atoms with E-state index in [9.17, 15) is 5.26 Å². The molecule has 1 unspecified atom stereocenters. The molecule has 0 amide bonds. The number of rotatable bonds is 7. The highest BCUT2D eigenvalue weighted by Gasteiger charge is 2.47. The van der Waals surface area contributed by atoms with Gasteiger partial charge in [-0.3, -0.25) is 0 Å². The first-order valence-electron chi connectivity index (χ1n) is 19.9. The van der Waals surface area contributed by atoms with Crippen molar-refractivity contribution in [1.29, 1.82) is 5.26 Å². The summed E-state index contributed by atoms with van der Waals surface area (Å²) in [7, 11) is 0. The first-order valence-corrected chi connectivity index (χ1v) is 19.9. The van der Waals surface area contributed by atoms with E-state index in [0.29, 0.717) is 11.4 Å².